The van der Waals surface area contributed by atoms with Crippen LogP contribution in [0, 0.1) is 0 Å². The van der Waals surface area contributed by atoms with E-state index >= 15 is 0 Å². The Hall–Kier alpha value is -2.77. The molecule has 2 fully saturated rings. The number of rotatable bonds is 3. The molecule has 2 aliphatic heterocycles. The highest BCUT2D eigenvalue weighted by atomic mass is 16.6. The van der Waals surface area contributed by atoms with Crippen molar-refractivity contribution in [2.24, 2.45) is 0 Å². The van der Waals surface area contributed by atoms with Gasteiger partial charge in [0, 0.05) is 19.5 Å². The first-order valence-electron chi connectivity index (χ1n) is 12.0. The molecule has 180 valence electrons. The lowest BCUT2D eigenvalue weighted by atomic mass is 9.80. The molecule has 4 rings (SSSR count). The van der Waals surface area contributed by atoms with E-state index < -0.39 is 5.60 Å². The number of para-hydroxylation sites is 1. The summed E-state index contributed by atoms with van der Waals surface area (Å²) in [6.07, 6.45) is 4.33. The molecule has 8 heteroatoms. The summed E-state index contributed by atoms with van der Waals surface area (Å²) in [4.78, 5) is 40.4. The van der Waals surface area contributed by atoms with Crippen molar-refractivity contribution in [3.63, 3.8) is 0 Å². The molecule has 0 aromatic heterocycles. The van der Waals surface area contributed by atoms with Crippen LogP contribution in [0.15, 0.2) is 18.2 Å². The number of benzene rings is 1. The Balaban J connectivity index is 1.46. The molecule has 1 saturated heterocycles. The molecule has 1 aliphatic carbocycles. The Morgan fingerprint density at radius 2 is 1.88 bits per heavy atom. The summed E-state index contributed by atoms with van der Waals surface area (Å²) in [5, 5.41) is 2.47. The minimum atomic E-state index is -0.503. The normalized spacial score (nSPS) is 25.6. The standard InChI is InChI=1S/C25H35N3O5/c1-25(2,3)33-24(31)27(4)17-10-8-16(9-11-17)18-6-5-7-19-22(18)32-15-14-28(19)20-12-13-21(29)26-23(20)30/h5-7,16-17,20H,8-15H2,1-4H3,(H,26,29,30)/t16?,17?,20-/m0/s1. The summed E-state index contributed by atoms with van der Waals surface area (Å²) in [5.74, 6) is 0.768. The van der Waals surface area contributed by atoms with Crippen LogP contribution in [0.4, 0.5) is 10.5 Å². The number of hydrogen-bond donors (Lipinski definition) is 1. The van der Waals surface area contributed by atoms with E-state index in [1.165, 1.54) is 5.56 Å². The van der Waals surface area contributed by atoms with Crippen LogP contribution in [0.2, 0.25) is 0 Å². The summed E-state index contributed by atoms with van der Waals surface area (Å²) in [5.41, 5.74) is 1.60. The zero-order chi connectivity index (χ0) is 23.8. The van der Waals surface area contributed by atoms with Gasteiger partial charge in [-0.1, -0.05) is 12.1 Å². The maximum absolute atomic E-state index is 12.5. The van der Waals surface area contributed by atoms with Crippen LogP contribution in [-0.4, -0.2) is 60.7 Å². The minimum Gasteiger partial charge on any atom is -0.489 e. The lowest BCUT2D eigenvalue weighted by Gasteiger charge is -2.40. The first-order valence-corrected chi connectivity index (χ1v) is 12.0. The van der Waals surface area contributed by atoms with Crippen LogP contribution in [-0.2, 0) is 14.3 Å². The SMILES string of the molecule is CN(C(=O)OC(C)(C)C)C1CCC(c2cccc3c2OCCN3[C@H]2CCC(=O)NC2=O)CC1. The summed E-state index contributed by atoms with van der Waals surface area (Å²) < 4.78 is 11.7. The van der Waals surface area contributed by atoms with Crippen molar-refractivity contribution in [2.75, 3.05) is 25.1 Å². The molecule has 1 N–H and O–H groups in total. The Labute approximate surface area is 195 Å². The third-order valence-corrected chi connectivity index (χ3v) is 6.86. The summed E-state index contributed by atoms with van der Waals surface area (Å²) in [6.45, 7) is 6.78. The van der Waals surface area contributed by atoms with Crippen molar-refractivity contribution in [1.29, 1.82) is 0 Å². The zero-order valence-corrected chi connectivity index (χ0v) is 20.1. The number of imide groups is 1. The van der Waals surface area contributed by atoms with Gasteiger partial charge in [-0.15, -0.1) is 0 Å². The lowest BCUT2D eigenvalue weighted by molar-refractivity contribution is -0.134. The van der Waals surface area contributed by atoms with Crippen LogP contribution >= 0.6 is 0 Å². The van der Waals surface area contributed by atoms with Gasteiger partial charge < -0.3 is 19.3 Å². The van der Waals surface area contributed by atoms with Gasteiger partial charge in [0.2, 0.25) is 11.8 Å². The molecule has 1 saturated carbocycles. The third kappa shape index (κ3) is 5.09. The number of amides is 3. The fourth-order valence-corrected chi connectivity index (χ4v) is 5.17. The van der Waals surface area contributed by atoms with E-state index in [1.54, 1.807) is 4.90 Å². The van der Waals surface area contributed by atoms with E-state index in [4.69, 9.17) is 9.47 Å². The van der Waals surface area contributed by atoms with Crippen LogP contribution in [0.3, 0.4) is 0 Å². The van der Waals surface area contributed by atoms with Crippen LogP contribution < -0.4 is 15.0 Å². The second-order valence-electron chi connectivity index (χ2n) is 10.3. The number of piperidine rings is 1. The molecule has 33 heavy (non-hydrogen) atoms. The van der Waals surface area contributed by atoms with Crippen molar-refractivity contribution in [3.8, 4) is 5.75 Å². The molecule has 0 spiro atoms. The van der Waals surface area contributed by atoms with Gasteiger partial charge >= 0.3 is 6.09 Å². The van der Waals surface area contributed by atoms with E-state index in [1.807, 2.05) is 40.0 Å². The lowest BCUT2D eigenvalue weighted by Crippen LogP contribution is -2.54. The molecule has 8 nitrogen and oxygen atoms in total. The topological polar surface area (TPSA) is 88.2 Å². The largest absolute Gasteiger partial charge is 0.489 e. The number of carbonyl (C=O) groups is 3. The van der Waals surface area contributed by atoms with Crippen molar-refractivity contribution in [2.45, 2.75) is 82.9 Å². The van der Waals surface area contributed by atoms with Gasteiger partial charge in [0.05, 0.1) is 12.2 Å². The monoisotopic (exact) mass is 457 g/mol. The van der Waals surface area contributed by atoms with E-state index in [9.17, 15) is 14.4 Å². The van der Waals surface area contributed by atoms with Gasteiger partial charge in [0.1, 0.15) is 24.0 Å². The van der Waals surface area contributed by atoms with Gasteiger partial charge in [-0.05, 0) is 70.4 Å². The van der Waals surface area contributed by atoms with Crippen molar-refractivity contribution < 1.29 is 23.9 Å². The Bertz CT molecular complexity index is 917. The number of nitrogens with zero attached hydrogens (tertiary/aromatic N) is 2. The number of ether oxygens (including phenoxy) is 2. The fraction of sp³-hybridized carbons (Fsp3) is 0.640. The quantitative estimate of drug-likeness (QED) is 0.698. The van der Waals surface area contributed by atoms with Crippen molar-refractivity contribution in [3.05, 3.63) is 23.8 Å². The third-order valence-electron chi connectivity index (χ3n) is 6.86. The van der Waals surface area contributed by atoms with Crippen molar-refractivity contribution >= 4 is 23.6 Å². The van der Waals surface area contributed by atoms with Crippen LogP contribution in [0.5, 0.6) is 5.75 Å². The molecule has 0 radical (unpaired) electrons. The highest BCUT2D eigenvalue weighted by Crippen LogP contribution is 2.44. The number of anilines is 1. The smallest absolute Gasteiger partial charge is 0.410 e. The Kier molecular flexibility index (Phi) is 6.54. The minimum absolute atomic E-state index is 0.163. The maximum atomic E-state index is 12.5. The number of carbonyl (C=O) groups excluding carboxylic acids is 3. The van der Waals surface area contributed by atoms with Crippen molar-refractivity contribution in [1.82, 2.24) is 10.2 Å². The zero-order valence-electron chi connectivity index (χ0n) is 20.1. The molecular formula is C25H35N3O5. The summed E-state index contributed by atoms with van der Waals surface area (Å²) in [7, 11) is 1.82. The van der Waals surface area contributed by atoms with E-state index in [0.717, 1.165) is 37.1 Å². The number of hydrogen-bond acceptors (Lipinski definition) is 6. The van der Waals surface area contributed by atoms with E-state index in [2.05, 4.69) is 16.3 Å². The Morgan fingerprint density at radius 3 is 2.55 bits per heavy atom. The van der Waals surface area contributed by atoms with Crippen LogP contribution in [0.1, 0.15) is 70.8 Å². The predicted molar refractivity (Wildman–Crippen MR) is 124 cm³/mol. The van der Waals surface area contributed by atoms with Gasteiger partial charge in [0.15, 0.2) is 0 Å². The molecule has 2 heterocycles. The first-order chi connectivity index (χ1) is 15.6. The van der Waals surface area contributed by atoms with E-state index in [-0.39, 0.29) is 30.0 Å². The average Bonchev–Trinajstić information content (AvgIpc) is 2.77. The average molecular weight is 458 g/mol. The molecular weight excluding hydrogens is 422 g/mol. The molecule has 3 amide bonds. The molecule has 0 bridgehead atoms. The van der Waals surface area contributed by atoms with Gasteiger partial charge in [-0.3, -0.25) is 14.9 Å². The molecule has 1 atom stereocenters. The van der Waals surface area contributed by atoms with E-state index in [0.29, 0.717) is 31.9 Å². The fourth-order valence-electron chi connectivity index (χ4n) is 5.17. The highest BCUT2D eigenvalue weighted by molar-refractivity contribution is 6.02. The first kappa shape index (κ1) is 23.4. The van der Waals surface area contributed by atoms with Crippen LogP contribution in [0.25, 0.3) is 0 Å². The van der Waals surface area contributed by atoms with Gasteiger partial charge in [-0.25, -0.2) is 4.79 Å². The second kappa shape index (κ2) is 9.23. The Morgan fingerprint density at radius 1 is 1.15 bits per heavy atom. The molecule has 3 aliphatic rings. The summed E-state index contributed by atoms with van der Waals surface area (Å²) in [6, 6.07) is 5.97. The molecule has 0 unspecified atom stereocenters. The summed E-state index contributed by atoms with van der Waals surface area (Å²) >= 11 is 0. The predicted octanol–water partition coefficient (Wildman–Crippen LogP) is 3.58. The van der Waals surface area contributed by atoms with Gasteiger partial charge in [0.25, 0.3) is 0 Å². The number of fused-ring (bicyclic) bond motifs is 1. The molecule has 1 aromatic carbocycles. The number of nitrogens with one attached hydrogen (secondary N) is 1. The van der Waals surface area contributed by atoms with Gasteiger partial charge in [-0.2, -0.15) is 0 Å². The highest BCUT2D eigenvalue weighted by Gasteiger charge is 2.37. The maximum Gasteiger partial charge on any atom is 0.410 e. The molecule has 1 aromatic rings. The second-order valence-corrected chi connectivity index (χ2v) is 10.3.